The van der Waals surface area contributed by atoms with Gasteiger partial charge in [-0.3, -0.25) is 14.5 Å². The smallest absolute Gasteiger partial charge is 0.219 e. The molecule has 0 saturated carbocycles. The van der Waals surface area contributed by atoms with Crippen LogP contribution in [-0.2, 0) is 11.8 Å². The van der Waals surface area contributed by atoms with Crippen LogP contribution in [0.1, 0.15) is 38.4 Å². The van der Waals surface area contributed by atoms with E-state index in [2.05, 4.69) is 34.5 Å². The second-order valence-electron chi connectivity index (χ2n) is 9.14. The lowest BCUT2D eigenvalue weighted by Crippen LogP contribution is -2.44. The van der Waals surface area contributed by atoms with Gasteiger partial charge in [0.1, 0.15) is 11.6 Å². The number of nitrogens with one attached hydrogen (secondary N) is 1. The van der Waals surface area contributed by atoms with Gasteiger partial charge in [0.25, 0.3) is 0 Å². The molecule has 1 aliphatic heterocycles. The SMILES string of the molecule is CC(=O)N1C[C@H](c2nc(Nc3cccc(-c4cnn(C)c4)c3)cc(-c3cccnc3)n2)CC[C@@H]1C. The Balaban J connectivity index is 1.49. The maximum atomic E-state index is 12.2. The first-order chi connectivity index (χ1) is 17.0. The standard InChI is InChI=1S/C27H29N7O/c1-18-9-10-22(17-34(18)19(2)35)27-31-25(21-7-5-11-28-14-21)13-26(32-27)30-24-8-4-6-20(12-24)23-15-29-33(3)16-23/h4-8,11-16,18,22H,9-10,17H2,1-3H3,(H,30,31,32)/t18-,22+/m0/s1. The summed E-state index contributed by atoms with van der Waals surface area (Å²) in [5.74, 6) is 1.63. The Morgan fingerprint density at radius 3 is 2.63 bits per heavy atom. The van der Waals surface area contributed by atoms with Gasteiger partial charge in [-0.2, -0.15) is 5.10 Å². The average Bonchev–Trinajstić information content (AvgIpc) is 3.31. The molecule has 8 nitrogen and oxygen atoms in total. The third kappa shape index (κ3) is 5.06. The molecule has 1 fully saturated rings. The summed E-state index contributed by atoms with van der Waals surface area (Å²) in [6.45, 7) is 4.36. The number of aryl methyl sites for hydroxylation is 1. The van der Waals surface area contributed by atoms with E-state index in [0.717, 1.165) is 46.7 Å². The fraction of sp³-hybridized carbons (Fsp3) is 0.296. The molecule has 8 heteroatoms. The molecule has 1 amide bonds. The minimum Gasteiger partial charge on any atom is -0.340 e. The number of likely N-dealkylation sites (tertiary alicyclic amines) is 1. The zero-order chi connectivity index (χ0) is 24.4. The van der Waals surface area contributed by atoms with E-state index in [0.29, 0.717) is 12.4 Å². The summed E-state index contributed by atoms with van der Waals surface area (Å²) < 4.78 is 1.79. The number of hydrogen-bond donors (Lipinski definition) is 1. The normalized spacial score (nSPS) is 17.9. The summed E-state index contributed by atoms with van der Waals surface area (Å²) >= 11 is 0. The maximum Gasteiger partial charge on any atom is 0.219 e. The van der Waals surface area contributed by atoms with E-state index in [1.165, 1.54) is 0 Å². The van der Waals surface area contributed by atoms with Crippen molar-refractivity contribution in [3.63, 3.8) is 0 Å². The maximum absolute atomic E-state index is 12.2. The van der Waals surface area contributed by atoms with Crippen LogP contribution in [0.2, 0.25) is 0 Å². The Labute approximate surface area is 205 Å². The number of aromatic nitrogens is 5. The van der Waals surface area contributed by atoms with Crippen LogP contribution >= 0.6 is 0 Å². The lowest BCUT2D eigenvalue weighted by Gasteiger charge is -2.37. The van der Waals surface area contributed by atoms with Crippen molar-refractivity contribution >= 4 is 17.4 Å². The molecule has 5 rings (SSSR count). The van der Waals surface area contributed by atoms with Crippen LogP contribution in [0.5, 0.6) is 0 Å². The number of carbonyl (C=O) groups excluding carboxylic acids is 1. The number of nitrogens with zero attached hydrogens (tertiary/aromatic N) is 6. The van der Waals surface area contributed by atoms with Crippen LogP contribution < -0.4 is 5.32 Å². The summed E-state index contributed by atoms with van der Waals surface area (Å²) in [7, 11) is 1.91. The molecule has 1 aliphatic rings. The molecular formula is C27H29N7O. The lowest BCUT2D eigenvalue weighted by atomic mass is 9.92. The molecule has 0 spiro atoms. The molecular weight excluding hydrogens is 438 g/mol. The van der Waals surface area contributed by atoms with E-state index < -0.39 is 0 Å². The zero-order valence-electron chi connectivity index (χ0n) is 20.2. The zero-order valence-corrected chi connectivity index (χ0v) is 20.2. The first kappa shape index (κ1) is 22.7. The summed E-state index contributed by atoms with van der Waals surface area (Å²) in [4.78, 5) is 28.2. The molecule has 3 aromatic heterocycles. The van der Waals surface area contributed by atoms with Crippen molar-refractivity contribution in [2.45, 2.75) is 38.6 Å². The lowest BCUT2D eigenvalue weighted by molar-refractivity contribution is -0.132. The van der Waals surface area contributed by atoms with Gasteiger partial charge in [-0.25, -0.2) is 9.97 Å². The summed E-state index contributed by atoms with van der Waals surface area (Å²) in [5.41, 5.74) is 4.79. The monoisotopic (exact) mass is 467 g/mol. The van der Waals surface area contributed by atoms with E-state index in [4.69, 9.17) is 9.97 Å². The largest absolute Gasteiger partial charge is 0.340 e. The van der Waals surface area contributed by atoms with Crippen LogP contribution in [0.4, 0.5) is 11.5 Å². The molecule has 0 unspecified atom stereocenters. The van der Waals surface area contributed by atoms with Crippen LogP contribution in [0, 0.1) is 0 Å². The van der Waals surface area contributed by atoms with E-state index in [-0.39, 0.29) is 17.9 Å². The number of amides is 1. The minimum atomic E-state index is 0.0778. The molecule has 2 atom stereocenters. The Hall–Kier alpha value is -4.07. The molecule has 0 aliphatic carbocycles. The topological polar surface area (TPSA) is 88.8 Å². The first-order valence-electron chi connectivity index (χ1n) is 11.9. The molecule has 0 bridgehead atoms. The van der Waals surface area contributed by atoms with Crippen molar-refractivity contribution in [1.82, 2.24) is 29.6 Å². The highest BCUT2D eigenvalue weighted by Crippen LogP contribution is 2.32. The molecule has 0 radical (unpaired) electrons. The van der Waals surface area contributed by atoms with Crippen LogP contribution in [-0.4, -0.2) is 48.1 Å². The molecule has 4 heterocycles. The number of benzene rings is 1. The highest BCUT2D eigenvalue weighted by molar-refractivity contribution is 5.74. The van der Waals surface area contributed by atoms with Crippen molar-refractivity contribution in [3.8, 4) is 22.4 Å². The van der Waals surface area contributed by atoms with E-state index in [9.17, 15) is 4.79 Å². The second-order valence-corrected chi connectivity index (χ2v) is 9.14. The third-order valence-electron chi connectivity index (χ3n) is 6.53. The van der Waals surface area contributed by atoms with Crippen molar-refractivity contribution < 1.29 is 4.79 Å². The van der Waals surface area contributed by atoms with Crippen molar-refractivity contribution in [2.75, 3.05) is 11.9 Å². The Morgan fingerprint density at radius 2 is 1.89 bits per heavy atom. The van der Waals surface area contributed by atoms with Gasteiger partial charge in [0, 0.05) is 73.9 Å². The fourth-order valence-electron chi connectivity index (χ4n) is 4.63. The number of carbonyl (C=O) groups is 1. The third-order valence-corrected chi connectivity index (χ3v) is 6.53. The number of anilines is 2. The molecule has 1 N–H and O–H groups in total. The molecule has 1 saturated heterocycles. The van der Waals surface area contributed by atoms with Gasteiger partial charge < -0.3 is 10.2 Å². The van der Waals surface area contributed by atoms with Gasteiger partial charge in [-0.05, 0) is 49.6 Å². The van der Waals surface area contributed by atoms with Crippen molar-refractivity contribution in [1.29, 1.82) is 0 Å². The van der Waals surface area contributed by atoms with Crippen LogP contribution in [0.3, 0.4) is 0 Å². The predicted molar refractivity (Wildman–Crippen MR) is 136 cm³/mol. The summed E-state index contributed by atoms with van der Waals surface area (Å²) in [6.07, 6.45) is 9.28. The summed E-state index contributed by atoms with van der Waals surface area (Å²) in [5, 5.41) is 7.75. The van der Waals surface area contributed by atoms with Crippen molar-refractivity contribution in [3.05, 3.63) is 73.1 Å². The molecule has 4 aromatic rings. The second kappa shape index (κ2) is 9.66. The molecule has 178 valence electrons. The number of rotatable bonds is 5. The fourth-order valence-corrected chi connectivity index (χ4v) is 4.63. The van der Waals surface area contributed by atoms with Crippen LogP contribution in [0.15, 0.2) is 67.3 Å². The number of piperidine rings is 1. The number of pyridine rings is 1. The van der Waals surface area contributed by atoms with Gasteiger partial charge >= 0.3 is 0 Å². The highest BCUT2D eigenvalue weighted by Gasteiger charge is 2.30. The van der Waals surface area contributed by atoms with Gasteiger partial charge in [-0.15, -0.1) is 0 Å². The summed E-state index contributed by atoms with van der Waals surface area (Å²) in [6, 6.07) is 14.3. The Morgan fingerprint density at radius 1 is 1.03 bits per heavy atom. The predicted octanol–water partition coefficient (Wildman–Crippen LogP) is 4.80. The Kier molecular flexibility index (Phi) is 6.27. The first-order valence-corrected chi connectivity index (χ1v) is 11.9. The minimum absolute atomic E-state index is 0.0778. The van der Waals surface area contributed by atoms with E-state index in [1.54, 1.807) is 17.8 Å². The number of hydrogen-bond acceptors (Lipinski definition) is 6. The molecule has 35 heavy (non-hydrogen) atoms. The Bertz CT molecular complexity index is 1330. The average molecular weight is 468 g/mol. The van der Waals surface area contributed by atoms with E-state index >= 15 is 0 Å². The van der Waals surface area contributed by atoms with Crippen LogP contribution in [0.25, 0.3) is 22.4 Å². The highest BCUT2D eigenvalue weighted by atomic mass is 16.2. The van der Waals surface area contributed by atoms with Gasteiger partial charge in [0.15, 0.2) is 0 Å². The molecule has 1 aromatic carbocycles. The van der Waals surface area contributed by atoms with Gasteiger partial charge in [0.2, 0.25) is 5.91 Å². The van der Waals surface area contributed by atoms with E-state index in [1.807, 2.05) is 60.9 Å². The van der Waals surface area contributed by atoms with Crippen molar-refractivity contribution in [2.24, 2.45) is 7.05 Å². The van der Waals surface area contributed by atoms with Gasteiger partial charge in [-0.1, -0.05) is 12.1 Å². The van der Waals surface area contributed by atoms with Gasteiger partial charge in [0.05, 0.1) is 11.9 Å². The quantitative estimate of drug-likeness (QED) is 0.454.